The van der Waals surface area contributed by atoms with Gasteiger partial charge in [-0.3, -0.25) is 0 Å². The highest BCUT2D eigenvalue weighted by Crippen LogP contribution is 2.48. The van der Waals surface area contributed by atoms with Crippen LogP contribution in [0.15, 0.2) is 0 Å². The van der Waals surface area contributed by atoms with E-state index < -0.39 is 17.6 Å². The Morgan fingerprint density at radius 1 is 0.500 bits per heavy atom. The highest BCUT2D eigenvalue weighted by atomic mass is 33.7. The molecule has 32 heavy (non-hydrogen) atoms. The van der Waals surface area contributed by atoms with E-state index in [1.807, 2.05) is 82.8 Å². The minimum absolute atomic E-state index is 0.505. The predicted octanol–water partition coefficient (Wildman–Crippen LogP) is 7.32. The van der Waals surface area contributed by atoms with E-state index in [4.69, 9.17) is 26.6 Å². The first kappa shape index (κ1) is 33.6. The lowest BCUT2D eigenvalue weighted by Crippen LogP contribution is -2.46. The van der Waals surface area contributed by atoms with Crippen LogP contribution in [0.5, 0.6) is 0 Å². The first-order valence-electron chi connectivity index (χ1n) is 11.8. The molecule has 6 nitrogen and oxygen atoms in total. The Morgan fingerprint density at radius 3 is 0.969 bits per heavy atom. The molecule has 0 aliphatic carbocycles. The minimum Gasteiger partial charge on any atom is -0.374 e. The summed E-state index contributed by atoms with van der Waals surface area (Å²) in [7, 11) is 2.44. The van der Waals surface area contributed by atoms with Gasteiger partial charge in [-0.05, 0) is 74.0 Å². The summed E-state index contributed by atoms with van der Waals surface area (Å²) < 4.78 is 35.8. The van der Waals surface area contributed by atoms with E-state index in [0.29, 0.717) is 50.1 Å². The third-order valence-corrected chi connectivity index (χ3v) is 17.9. The number of hydrogen-bond acceptors (Lipinski definition) is 10. The Hall–Kier alpha value is 1.59. The van der Waals surface area contributed by atoms with Crippen molar-refractivity contribution in [3.8, 4) is 0 Å². The maximum absolute atomic E-state index is 5.97. The maximum Gasteiger partial charge on any atom is 0.500 e. The van der Waals surface area contributed by atoms with Gasteiger partial charge in [0.25, 0.3) is 0 Å². The molecule has 0 heterocycles. The Bertz CT molecular complexity index is 371. The summed E-state index contributed by atoms with van der Waals surface area (Å²) in [6.45, 7) is 20.4. The van der Waals surface area contributed by atoms with Crippen molar-refractivity contribution in [3.05, 3.63) is 0 Å². The molecule has 0 saturated carbocycles. The summed E-state index contributed by atoms with van der Waals surface area (Å²) in [6, 6.07) is 1.73. The van der Waals surface area contributed by atoms with Crippen molar-refractivity contribution in [3.63, 3.8) is 0 Å². The zero-order valence-corrected chi connectivity index (χ0v) is 26.6. The van der Waals surface area contributed by atoms with Gasteiger partial charge in [-0.2, -0.15) is 0 Å². The fourth-order valence-corrected chi connectivity index (χ4v) is 16.1. The normalized spacial score (nSPS) is 14.6. The molecule has 0 N–H and O–H groups in total. The van der Waals surface area contributed by atoms with Crippen molar-refractivity contribution in [1.82, 2.24) is 0 Å². The van der Waals surface area contributed by atoms with E-state index in [2.05, 4.69) is 13.8 Å². The van der Waals surface area contributed by atoms with Crippen LogP contribution >= 0.6 is 41.2 Å². The Balaban J connectivity index is 4.33. The van der Waals surface area contributed by atoms with E-state index in [1.165, 1.54) is 0 Å². The van der Waals surface area contributed by atoms with Crippen molar-refractivity contribution >= 4 is 58.8 Å². The maximum atomic E-state index is 5.97. The highest BCUT2D eigenvalue weighted by molar-refractivity contribution is 9.26. The topological polar surface area (TPSA) is 55.4 Å². The van der Waals surface area contributed by atoms with Crippen LogP contribution in [0.1, 0.15) is 68.2 Å². The molecule has 0 aromatic rings. The Morgan fingerprint density at radius 2 is 0.750 bits per heavy atom. The third kappa shape index (κ3) is 14.9. The molecule has 0 radical (unpaired) electrons. The molecule has 0 saturated heterocycles. The lowest BCUT2D eigenvalue weighted by Gasteiger charge is -2.29. The predicted molar refractivity (Wildman–Crippen MR) is 149 cm³/mol. The number of hydrogen-bond donors (Lipinski definition) is 0. The van der Waals surface area contributed by atoms with Gasteiger partial charge in [-0.25, -0.2) is 0 Å². The molecule has 2 unspecified atom stereocenters. The average Bonchev–Trinajstić information content (AvgIpc) is 2.75. The van der Waals surface area contributed by atoms with Gasteiger partial charge in [0, 0.05) is 62.2 Å². The second kappa shape index (κ2) is 20.8. The van der Waals surface area contributed by atoms with Gasteiger partial charge in [0.1, 0.15) is 0 Å². The molecule has 0 spiro atoms. The summed E-state index contributed by atoms with van der Waals surface area (Å²) in [5.74, 6) is 0. The van der Waals surface area contributed by atoms with Crippen LogP contribution in [0, 0.1) is 0 Å². The van der Waals surface area contributed by atoms with Gasteiger partial charge in [-0.15, -0.1) is 0 Å². The van der Waals surface area contributed by atoms with E-state index in [1.54, 1.807) is 0 Å². The second-order valence-corrected chi connectivity index (χ2v) is 19.1. The van der Waals surface area contributed by atoms with Gasteiger partial charge in [0.2, 0.25) is 0 Å². The fraction of sp³-hybridized carbons (Fsp3) is 1.00. The fourth-order valence-electron chi connectivity index (χ4n) is 3.02. The first-order valence-corrected chi connectivity index (χ1v) is 20.7. The highest BCUT2D eigenvalue weighted by Gasteiger charge is 2.41. The minimum atomic E-state index is -2.54. The van der Waals surface area contributed by atoms with Crippen molar-refractivity contribution in [2.45, 2.75) is 90.8 Å². The Labute approximate surface area is 215 Å². The molecular formula is C20H46O6S4Si2. The van der Waals surface area contributed by atoms with Crippen molar-refractivity contribution in [1.29, 1.82) is 0 Å². The van der Waals surface area contributed by atoms with Crippen LogP contribution in [0.3, 0.4) is 0 Å². The van der Waals surface area contributed by atoms with E-state index in [0.717, 1.165) is 24.9 Å². The SMILES string of the molecule is CCO[Si](CCC(C)SSSSC(C)CC[Si](OCC)(OCC)OCC)(OCC)OCC. The zero-order valence-electron chi connectivity index (χ0n) is 21.3. The molecule has 0 rings (SSSR count). The molecule has 0 aliphatic rings. The molecule has 0 aliphatic heterocycles. The molecule has 194 valence electrons. The lowest BCUT2D eigenvalue weighted by molar-refractivity contribution is 0.0701. The van der Waals surface area contributed by atoms with Crippen LogP contribution in [-0.4, -0.2) is 67.8 Å². The molecule has 0 aromatic carbocycles. The van der Waals surface area contributed by atoms with Crippen LogP contribution in [0.4, 0.5) is 0 Å². The van der Waals surface area contributed by atoms with Gasteiger partial charge >= 0.3 is 17.6 Å². The van der Waals surface area contributed by atoms with Crippen molar-refractivity contribution in [2.75, 3.05) is 39.6 Å². The van der Waals surface area contributed by atoms with Crippen LogP contribution in [-0.2, 0) is 26.6 Å². The first-order chi connectivity index (χ1) is 15.4. The molecule has 2 atom stereocenters. The second-order valence-electron chi connectivity index (χ2n) is 6.99. The van der Waals surface area contributed by atoms with Gasteiger partial charge < -0.3 is 26.6 Å². The lowest BCUT2D eigenvalue weighted by atomic mass is 10.4. The quantitative estimate of drug-likeness (QED) is 0.0714. The van der Waals surface area contributed by atoms with E-state index in [9.17, 15) is 0 Å². The third-order valence-electron chi connectivity index (χ3n) is 4.33. The molecule has 0 aromatic heterocycles. The molecule has 0 bridgehead atoms. The van der Waals surface area contributed by atoms with Gasteiger partial charge in [0.15, 0.2) is 0 Å². The smallest absolute Gasteiger partial charge is 0.374 e. The monoisotopic (exact) mass is 566 g/mol. The van der Waals surface area contributed by atoms with Crippen LogP contribution < -0.4 is 0 Å². The van der Waals surface area contributed by atoms with Crippen LogP contribution in [0.25, 0.3) is 0 Å². The summed E-state index contributed by atoms with van der Waals surface area (Å²) in [6.07, 6.45) is 2.05. The molecular weight excluding hydrogens is 521 g/mol. The summed E-state index contributed by atoms with van der Waals surface area (Å²) in [5.41, 5.74) is 0. The summed E-state index contributed by atoms with van der Waals surface area (Å²) in [4.78, 5) is 0. The number of rotatable bonds is 23. The molecule has 12 heteroatoms. The van der Waals surface area contributed by atoms with Crippen molar-refractivity contribution < 1.29 is 26.6 Å². The Kier molecular flexibility index (Phi) is 21.8. The molecule has 0 amide bonds. The van der Waals surface area contributed by atoms with Crippen molar-refractivity contribution in [2.24, 2.45) is 0 Å². The van der Waals surface area contributed by atoms with Crippen LogP contribution in [0.2, 0.25) is 12.1 Å². The summed E-state index contributed by atoms with van der Waals surface area (Å²) >= 11 is 0. The largest absolute Gasteiger partial charge is 0.500 e. The average molecular weight is 567 g/mol. The van der Waals surface area contributed by atoms with Gasteiger partial charge in [-0.1, -0.05) is 35.4 Å². The van der Waals surface area contributed by atoms with E-state index >= 15 is 0 Å². The molecule has 0 fully saturated rings. The van der Waals surface area contributed by atoms with Gasteiger partial charge in [0.05, 0.1) is 0 Å². The van der Waals surface area contributed by atoms with E-state index in [-0.39, 0.29) is 0 Å². The zero-order chi connectivity index (χ0) is 24.3. The summed E-state index contributed by atoms with van der Waals surface area (Å²) in [5, 5.41) is 1.01. The standard InChI is InChI=1S/C20H46O6S4Si2/c1-9-21-31(22-10-2,23-11-3)17-15-19(7)27-29-30-28-20(8)16-18-32(24-12-4,25-13-5)26-14-6/h19-20H,9-18H2,1-8H3.